The molecule has 0 aromatic heterocycles. The molecule has 0 aliphatic heterocycles. The summed E-state index contributed by atoms with van der Waals surface area (Å²) < 4.78 is 12.2. The van der Waals surface area contributed by atoms with Crippen LogP contribution in [0.5, 0.6) is 0 Å². The van der Waals surface area contributed by atoms with E-state index in [2.05, 4.69) is 32.6 Å². The average molecular weight is 1010 g/mol. The highest BCUT2D eigenvalue weighted by atomic mass is 16.5. The Bertz CT molecular complexity index is 1060. The molecule has 71 heavy (non-hydrogen) atoms. The molecule has 10 nitrogen and oxygen atoms in total. The molecule has 0 aromatic carbocycles. The molecule has 6 N–H and O–H groups in total. The molecular formula is C61H122N4O6. The first-order valence-electron chi connectivity index (χ1n) is 31.0. The van der Waals surface area contributed by atoms with Gasteiger partial charge < -0.3 is 30.3 Å². The van der Waals surface area contributed by atoms with Crippen LogP contribution >= 0.6 is 0 Å². The van der Waals surface area contributed by atoms with Gasteiger partial charge in [0.25, 0.3) is 0 Å². The van der Waals surface area contributed by atoms with Crippen molar-refractivity contribution in [3.05, 3.63) is 12.2 Å². The van der Waals surface area contributed by atoms with Crippen molar-refractivity contribution in [3.8, 4) is 0 Å². The van der Waals surface area contributed by atoms with E-state index in [1.54, 1.807) is 17.2 Å². The van der Waals surface area contributed by atoms with Gasteiger partial charge in [0.15, 0.2) is 0 Å². The third kappa shape index (κ3) is 47.9. The van der Waals surface area contributed by atoms with E-state index in [1.807, 2.05) is 6.92 Å². The second kappa shape index (κ2) is 53.3. The second-order valence-corrected chi connectivity index (χ2v) is 21.7. The van der Waals surface area contributed by atoms with E-state index in [1.165, 1.54) is 128 Å². The van der Waals surface area contributed by atoms with Gasteiger partial charge in [-0.2, -0.15) is 0 Å². The third-order valence-corrected chi connectivity index (χ3v) is 14.6. The van der Waals surface area contributed by atoms with Gasteiger partial charge in [0, 0.05) is 32.0 Å². The normalized spacial score (nSPS) is 13.4. The molecule has 0 amide bonds. The Hall–Kier alpha value is -1.56. The van der Waals surface area contributed by atoms with Crippen molar-refractivity contribution in [2.45, 2.75) is 335 Å². The van der Waals surface area contributed by atoms with Crippen molar-refractivity contribution < 1.29 is 29.3 Å². The quantitative estimate of drug-likeness (QED) is 0.0152. The van der Waals surface area contributed by atoms with Crippen molar-refractivity contribution >= 4 is 11.9 Å². The van der Waals surface area contributed by atoms with Crippen molar-refractivity contribution in [1.29, 1.82) is 0 Å². The smallest absolute Gasteiger partial charge is 0.306 e. The van der Waals surface area contributed by atoms with Crippen molar-refractivity contribution in [2.24, 2.45) is 11.6 Å². The van der Waals surface area contributed by atoms with E-state index < -0.39 is 12.2 Å². The average Bonchev–Trinajstić information content (AvgIpc) is 3.35. The summed E-state index contributed by atoms with van der Waals surface area (Å²) in [4.78, 5) is 28.5. The monoisotopic (exact) mass is 1010 g/mol. The molecule has 0 fully saturated rings. The zero-order valence-electron chi connectivity index (χ0n) is 47.9. The third-order valence-electron chi connectivity index (χ3n) is 14.6. The van der Waals surface area contributed by atoms with Gasteiger partial charge in [-0.15, -0.1) is 0 Å². The van der Waals surface area contributed by atoms with Crippen molar-refractivity contribution in [3.63, 3.8) is 0 Å². The van der Waals surface area contributed by atoms with E-state index >= 15 is 0 Å². The molecule has 0 aromatic rings. The molecule has 3 unspecified atom stereocenters. The summed E-state index contributed by atoms with van der Waals surface area (Å²) in [5.41, 5.74) is 6.60. The van der Waals surface area contributed by atoms with Gasteiger partial charge in [-0.1, -0.05) is 214 Å². The molecule has 0 bridgehead atoms. The summed E-state index contributed by atoms with van der Waals surface area (Å²) in [6.07, 6.45) is 49.5. The van der Waals surface area contributed by atoms with Crippen LogP contribution in [0.3, 0.4) is 0 Å². The van der Waals surface area contributed by atoms with Crippen LogP contribution in [0.1, 0.15) is 304 Å². The van der Waals surface area contributed by atoms with E-state index in [0.29, 0.717) is 32.4 Å². The standard InChI is InChI=1S/C61H122N4O6/c1-6-11-15-19-25-33-42-56(43-34-26-20-16-12-7-2)70-60(68)47-37-29-23-31-39-50-64(53-49-55(62)54-65(63)52-41-46-59(67)58(66)10-5)51-40-32-24-30-38-48-61(69)71-57(44-35-27-21-17-13-8-3)45-36-28-22-18-14-9-4/h41,46,55-59,66-67H,6-40,42-45,47-54,62-63H2,1-5H3/b46-41+. The zero-order chi connectivity index (χ0) is 52.3. The van der Waals surface area contributed by atoms with Crippen molar-refractivity contribution in [1.82, 2.24) is 9.91 Å². The first-order chi connectivity index (χ1) is 34.6. The molecule has 0 radical (unpaired) electrons. The van der Waals surface area contributed by atoms with Gasteiger partial charge in [-0.3, -0.25) is 15.4 Å². The SMILES string of the molecule is CCCCCCCCC(CCCCCCCC)OC(=O)CCCCCCCN(CCCCCCCC(=O)OC(CCCCCCCC)CCCCCCCC)CCC(N)CN(N)C/C=C/C(O)C(O)CC. The molecule has 10 heteroatoms. The van der Waals surface area contributed by atoms with Crippen LogP contribution < -0.4 is 11.6 Å². The summed E-state index contributed by atoms with van der Waals surface area (Å²) >= 11 is 0. The second-order valence-electron chi connectivity index (χ2n) is 21.7. The minimum Gasteiger partial charge on any atom is -0.462 e. The number of hydrogen-bond donors (Lipinski definition) is 4. The lowest BCUT2D eigenvalue weighted by Gasteiger charge is -2.26. The maximum absolute atomic E-state index is 13.0. The van der Waals surface area contributed by atoms with Gasteiger partial charge in [0.1, 0.15) is 12.2 Å². The predicted octanol–water partition coefficient (Wildman–Crippen LogP) is 15.4. The fraction of sp³-hybridized carbons (Fsp3) is 0.934. The van der Waals surface area contributed by atoms with Gasteiger partial charge in [0.05, 0.1) is 12.2 Å². The number of aliphatic hydroxyl groups excluding tert-OH is 2. The van der Waals surface area contributed by atoms with E-state index in [4.69, 9.17) is 21.1 Å². The van der Waals surface area contributed by atoms with Crippen LogP contribution in [0, 0.1) is 0 Å². The van der Waals surface area contributed by atoms with E-state index in [9.17, 15) is 19.8 Å². The Morgan fingerprint density at radius 2 is 0.803 bits per heavy atom. The highest BCUT2D eigenvalue weighted by molar-refractivity contribution is 5.69. The number of rotatable bonds is 56. The lowest BCUT2D eigenvalue weighted by Crippen LogP contribution is -2.43. The maximum atomic E-state index is 13.0. The Morgan fingerprint density at radius 1 is 0.465 bits per heavy atom. The molecule has 3 atom stereocenters. The number of esters is 2. The van der Waals surface area contributed by atoms with Gasteiger partial charge >= 0.3 is 11.9 Å². The Labute approximate surface area is 440 Å². The number of aliphatic hydroxyl groups is 2. The number of unbranched alkanes of at least 4 members (excludes halogenated alkanes) is 28. The number of ether oxygens (including phenoxy) is 2. The fourth-order valence-corrected chi connectivity index (χ4v) is 9.75. The molecule has 0 aliphatic carbocycles. The minimum absolute atomic E-state index is 0.000562. The summed E-state index contributed by atoms with van der Waals surface area (Å²) in [6.45, 7) is 14.9. The lowest BCUT2D eigenvalue weighted by atomic mass is 10.0. The number of nitrogens with two attached hydrogens (primary N) is 2. The molecule has 0 aliphatic rings. The van der Waals surface area contributed by atoms with Gasteiger partial charge in [-0.25, -0.2) is 5.01 Å². The van der Waals surface area contributed by atoms with Crippen LogP contribution in [0.2, 0.25) is 0 Å². The summed E-state index contributed by atoms with van der Waals surface area (Å²) in [5.74, 6) is 6.28. The molecule has 0 spiro atoms. The maximum Gasteiger partial charge on any atom is 0.306 e. The van der Waals surface area contributed by atoms with E-state index in [0.717, 1.165) is 142 Å². The Kier molecular flexibility index (Phi) is 52.1. The summed E-state index contributed by atoms with van der Waals surface area (Å²) in [7, 11) is 0. The van der Waals surface area contributed by atoms with Crippen LogP contribution in [-0.4, -0.2) is 95.2 Å². The largest absolute Gasteiger partial charge is 0.462 e. The molecule has 0 saturated heterocycles. The first kappa shape index (κ1) is 69.4. The number of hydrogen-bond acceptors (Lipinski definition) is 10. The topological polar surface area (TPSA) is 152 Å². The summed E-state index contributed by atoms with van der Waals surface area (Å²) in [5, 5.41) is 21.6. The highest BCUT2D eigenvalue weighted by Gasteiger charge is 2.17. The van der Waals surface area contributed by atoms with Crippen LogP contribution in [0.4, 0.5) is 0 Å². The lowest BCUT2D eigenvalue weighted by molar-refractivity contribution is -0.151. The number of hydrazine groups is 1. The Balaban J connectivity index is 4.96. The Morgan fingerprint density at radius 3 is 1.17 bits per heavy atom. The molecule has 0 heterocycles. The van der Waals surface area contributed by atoms with Gasteiger partial charge in [-0.05, 0) is 110 Å². The van der Waals surface area contributed by atoms with Gasteiger partial charge in [0.2, 0.25) is 0 Å². The molecule has 0 saturated carbocycles. The predicted molar refractivity (Wildman–Crippen MR) is 303 cm³/mol. The summed E-state index contributed by atoms with van der Waals surface area (Å²) in [6, 6.07) is -0.0751. The minimum atomic E-state index is -0.891. The van der Waals surface area contributed by atoms with Crippen LogP contribution in [0.15, 0.2) is 12.2 Å². The zero-order valence-corrected chi connectivity index (χ0v) is 47.9. The fourth-order valence-electron chi connectivity index (χ4n) is 9.75. The molecular weight excluding hydrogens is 885 g/mol. The van der Waals surface area contributed by atoms with Crippen molar-refractivity contribution in [2.75, 3.05) is 32.7 Å². The van der Waals surface area contributed by atoms with Crippen LogP contribution in [-0.2, 0) is 19.1 Å². The number of carbonyl (C=O) groups is 2. The first-order valence-corrected chi connectivity index (χ1v) is 31.0. The molecule has 422 valence electrons. The number of carbonyl (C=O) groups excluding carboxylic acids is 2. The number of nitrogens with zero attached hydrogens (tertiary/aromatic N) is 2. The molecule has 0 rings (SSSR count). The van der Waals surface area contributed by atoms with Crippen LogP contribution in [0.25, 0.3) is 0 Å². The van der Waals surface area contributed by atoms with E-state index in [-0.39, 0.29) is 30.2 Å². The highest BCUT2D eigenvalue weighted by Crippen LogP contribution is 2.21.